The van der Waals surface area contributed by atoms with Crippen molar-refractivity contribution >= 4 is 5.97 Å². The van der Waals surface area contributed by atoms with E-state index in [1.807, 2.05) is 0 Å². The molecular formula is C12H22O3. The minimum absolute atomic E-state index is 0.0286. The molecule has 0 unspecified atom stereocenters. The lowest BCUT2D eigenvalue weighted by atomic mass is 9.88. The highest BCUT2D eigenvalue weighted by Crippen LogP contribution is 2.30. The van der Waals surface area contributed by atoms with Crippen LogP contribution in [0.1, 0.15) is 52.4 Å². The standard InChI is InChI=1S/C12H22O3/c1-3-4-5-6-7-10-11(8-9(2)13)15-12(10)14/h9-11,13H,3-8H2,1-2H3/t9-,10+,11+/m1/s1. The zero-order valence-electron chi connectivity index (χ0n) is 9.74. The number of hydrogen-bond acceptors (Lipinski definition) is 3. The van der Waals surface area contributed by atoms with E-state index < -0.39 is 0 Å². The molecule has 1 aliphatic rings. The molecule has 1 heterocycles. The summed E-state index contributed by atoms with van der Waals surface area (Å²) in [4.78, 5) is 11.2. The van der Waals surface area contributed by atoms with Crippen LogP contribution >= 0.6 is 0 Å². The maximum Gasteiger partial charge on any atom is 0.313 e. The second-order valence-electron chi connectivity index (χ2n) is 4.52. The van der Waals surface area contributed by atoms with E-state index in [4.69, 9.17) is 4.74 Å². The van der Waals surface area contributed by atoms with Crippen molar-refractivity contribution in [2.75, 3.05) is 0 Å². The molecule has 1 saturated heterocycles. The van der Waals surface area contributed by atoms with E-state index in [1.165, 1.54) is 19.3 Å². The lowest BCUT2D eigenvalue weighted by Crippen LogP contribution is -2.46. The quantitative estimate of drug-likeness (QED) is 0.522. The predicted molar refractivity (Wildman–Crippen MR) is 58.4 cm³/mol. The summed E-state index contributed by atoms with van der Waals surface area (Å²) in [6.45, 7) is 3.91. The van der Waals surface area contributed by atoms with Crippen molar-refractivity contribution in [3.63, 3.8) is 0 Å². The number of rotatable bonds is 7. The van der Waals surface area contributed by atoms with Crippen LogP contribution in [-0.2, 0) is 9.53 Å². The molecule has 1 rings (SSSR count). The van der Waals surface area contributed by atoms with Gasteiger partial charge in [0.2, 0.25) is 0 Å². The topological polar surface area (TPSA) is 46.5 Å². The molecule has 0 amide bonds. The Morgan fingerprint density at radius 1 is 1.40 bits per heavy atom. The van der Waals surface area contributed by atoms with Crippen molar-refractivity contribution in [3.8, 4) is 0 Å². The molecular weight excluding hydrogens is 192 g/mol. The Balaban J connectivity index is 2.17. The Kier molecular flexibility index (Phi) is 5.09. The number of cyclic esters (lactones) is 1. The summed E-state index contributed by atoms with van der Waals surface area (Å²) < 4.78 is 5.02. The van der Waals surface area contributed by atoms with Crippen LogP contribution in [0.2, 0.25) is 0 Å². The molecule has 3 atom stereocenters. The van der Waals surface area contributed by atoms with Gasteiger partial charge in [-0.25, -0.2) is 0 Å². The molecule has 1 aliphatic heterocycles. The highest BCUT2D eigenvalue weighted by molar-refractivity contribution is 5.78. The summed E-state index contributed by atoms with van der Waals surface area (Å²) in [5.41, 5.74) is 0. The fraction of sp³-hybridized carbons (Fsp3) is 0.917. The number of ether oxygens (including phenoxy) is 1. The molecule has 0 aromatic carbocycles. The maximum atomic E-state index is 11.2. The molecule has 1 fully saturated rings. The summed E-state index contributed by atoms with van der Waals surface area (Å²) in [7, 11) is 0. The van der Waals surface area contributed by atoms with Gasteiger partial charge in [-0.3, -0.25) is 4.79 Å². The fourth-order valence-corrected chi connectivity index (χ4v) is 2.04. The molecule has 0 saturated carbocycles. The number of aliphatic hydroxyl groups excluding tert-OH is 1. The first-order valence-electron chi connectivity index (χ1n) is 6.03. The largest absolute Gasteiger partial charge is 0.461 e. The van der Waals surface area contributed by atoms with Crippen LogP contribution < -0.4 is 0 Å². The second-order valence-corrected chi connectivity index (χ2v) is 4.52. The van der Waals surface area contributed by atoms with E-state index in [-0.39, 0.29) is 24.1 Å². The summed E-state index contributed by atoms with van der Waals surface area (Å²) >= 11 is 0. The van der Waals surface area contributed by atoms with Crippen molar-refractivity contribution in [2.24, 2.45) is 5.92 Å². The fourth-order valence-electron chi connectivity index (χ4n) is 2.04. The molecule has 0 bridgehead atoms. The van der Waals surface area contributed by atoms with Gasteiger partial charge in [0.15, 0.2) is 0 Å². The number of hydrogen-bond donors (Lipinski definition) is 1. The molecule has 0 aromatic rings. The molecule has 3 nitrogen and oxygen atoms in total. The van der Waals surface area contributed by atoms with Crippen molar-refractivity contribution in [1.29, 1.82) is 0 Å². The van der Waals surface area contributed by atoms with E-state index in [2.05, 4.69) is 6.92 Å². The minimum atomic E-state index is -0.374. The first kappa shape index (κ1) is 12.5. The maximum absolute atomic E-state index is 11.2. The molecule has 88 valence electrons. The Bertz CT molecular complexity index is 201. The third-order valence-electron chi connectivity index (χ3n) is 2.96. The van der Waals surface area contributed by atoms with Crippen LogP contribution in [0, 0.1) is 5.92 Å². The second kappa shape index (κ2) is 6.11. The van der Waals surface area contributed by atoms with Crippen LogP contribution in [0.15, 0.2) is 0 Å². The van der Waals surface area contributed by atoms with Gasteiger partial charge < -0.3 is 9.84 Å². The van der Waals surface area contributed by atoms with Gasteiger partial charge in [0.25, 0.3) is 0 Å². The summed E-state index contributed by atoms with van der Waals surface area (Å²) in [6, 6.07) is 0. The van der Waals surface area contributed by atoms with E-state index in [0.717, 1.165) is 12.8 Å². The molecule has 15 heavy (non-hydrogen) atoms. The summed E-state index contributed by atoms with van der Waals surface area (Å²) in [5, 5.41) is 9.21. The van der Waals surface area contributed by atoms with E-state index in [0.29, 0.717) is 6.42 Å². The van der Waals surface area contributed by atoms with E-state index in [1.54, 1.807) is 6.92 Å². The number of unbranched alkanes of at least 4 members (excludes halogenated alkanes) is 3. The average Bonchev–Trinajstić information content (AvgIpc) is 2.16. The van der Waals surface area contributed by atoms with Crippen molar-refractivity contribution in [2.45, 2.75) is 64.6 Å². The summed E-state index contributed by atoms with van der Waals surface area (Å²) in [5.74, 6) is -0.0198. The third kappa shape index (κ3) is 3.82. The number of carbonyl (C=O) groups is 1. The average molecular weight is 214 g/mol. The van der Waals surface area contributed by atoms with Crippen LogP contribution in [0.25, 0.3) is 0 Å². The van der Waals surface area contributed by atoms with Crippen molar-refractivity contribution < 1.29 is 14.6 Å². The molecule has 3 heteroatoms. The number of aliphatic hydroxyl groups is 1. The van der Waals surface area contributed by atoms with Crippen LogP contribution in [0.4, 0.5) is 0 Å². The van der Waals surface area contributed by atoms with Gasteiger partial charge in [-0.15, -0.1) is 0 Å². The SMILES string of the molecule is CCCCCC[C@@H]1C(=O)O[C@H]1C[C@@H](C)O. The minimum Gasteiger partial charge on any atom is -0.461 e. The zero-order chi connectivity index (χ0) is 11.3. The predicted octanol–water partition coefficient (Wildman–Crippen LogP) is 2.27. The molecule has 0 radical (unpaired) electrons. The zero-order valence-corrected chi connectivity index (χ0v) is 9.74. The van der Waals surface area contributed by atoms with Crippen LogP contribution in [0.5, 0.6) is 0 Å². The van der Waals surface area contributed by atoms with Crippen molar-refractivity contribution in [3.05, 3.63) is 0 Å². The third-order valence-corrected chi connectivity index (χ3v) is 2.96. The smallest absolute Gasteiger partial charge is 0.313 e. The van der Waals surface area contributed by atoms with Gasteiger partial charge in [0, 0.05) is 6.42 Å². The Morgan fingerprint density at radius 2 is 2.13 bits per heavy atom. The molecule has 0 aliphatic carbocycles. The van der Waals surface area contributed by atoms with Crippen molar-refractivity contribution in [1.82, 2.24) is 0 Å². The van der Waals surface area contributed by atoms with Gasteiger partial charge in [-0.1, -0.05) is 32.6 Å². The monoisotopic (exact) mass is 214 g/mol. The van der Waals surface area contributed by atoms with Crippen LogP contribution in [0.3, 0.4) is 0 Å². The lowest BCUT2D eigenvalue weighted by molar-refractivity contribution is -0.188. The van der Waals surface area contributed by atoms with Gasteiger partial charge in [-0.05, 0) is 13.3 Å². The van der Waals surface area contributed by atoms with Gasteiger partial charge in [0.05, 0.1) is 12.0 Å². The van der Waals surface area contributed by atoms with Gasteiger partial charge in [0.1, 0.15) is 6.10 Å². The molecule has 0 aromatic heterocycles. The Labute approximate surface area is 91.8 Å². The van der Waals surface area contributed by atoms with E-state index in [9.17, 15) is 9.90 Å². The van der Waals surface area contributed by atoms with Gasteiger partial charge >= 0.3 is 5.97 Å². The Hall–Kier alpha value is -0.570. The molecule has 0 spiro atoms. The number of carbonyl (C=O) groups excluding carboxylic acids is 1. The highest BCUT2D eigenvalue weighted by Gasteiger charge is 2.41. The first-order chi connectivity index (χ1) is 7.15. The molecule has 1 N–H and O–H groups in total. The van der Waals surface area contributed by atoms with Gasteiger partial charge in [-0.2, -0.15) is 0 Å². The number of esters is 1. The highest BCUT2D eigenvalue weighted by atomic mass is 16.6. The van der Waals surface area contributed by atoms with E-state index >= 15 is 0 Å². The normalized spacial score (nSPS) is 27.0. The van der Waals surface area contributed by atoms with Crippen LogP contribution in [-0.4, -0.2) is 23.3 Å². The lowest BCUT2D eigenvalue weighted by Gasteiger charge is -2.35. The first-order valence-corrected chi connectivity index (χ1v) is 6.03. The Morgan fingerprint density at radius 3 is 2.67 bits per heavy atom. The summed E-state index contributed by atoms with van der Waals surface area (Å²) in [6.07, 6.45) is 5.86.